The molecule has 0 saturated heterocycles. The highest BCUT2D eigenvalue weighted by Crippen LogP contribution is 2.13. The Morgan fingerprint density at radius 3 is 2.47 bits per heavy atom. The van der Waals surface area contributed by atoms with E-state index in [-0.39, 0.29) is 16.9 Å². The second-order valence-corrected chi connectivity index (χ2v) is 5.07. The third-order valence-electron chi connectivity index (χ3n) is 3.40. The minimum absolute atomic E-state index is 0.138. The van der Waals surface area contributed by atoms with E-state index in [1.807, 2.05) is 6.92 Å². The lowest BCUT2D eigenvalue weighted by Gasteiger charge is -2.22. The zero-order chi connectivity index (χ0) is 14.4. The average molecular weight is 279 g/mol. The van der Waals surface area contributed by atoms with Crippen LogP contribution in [0.5, 0.6) is 0 Å². The quantitative estimate of drug-likeness (QED) is 0.784. The van der Waals surface area contributed by atoms with Crippen molar-refractivity contribution in [2.24, 2.45) is 11.7 Å². The summed E-state index contributed by atoms with van der Waals surface area (Å²) in [6, 6.07) is 3.50. The van der Waals surface area contributed by atoms with E-state index < -0.39 is 0 Å². The number of nitrogens with zero attached hydrogens (tertiary/aromatic N) is 1. The number of carbonyl (C=O) groups excluding carboxylic acids is 1. The molecule has 0 aliphatic heterocycles. The van der Waals surface area contributed by atoms with Gasteiger partial charge in [0.15, 0.2) is 0 Å². The largest absolute Gasteiger partial charge is 0.389 e. The summed E-state index contributed by atoms with van der Waals surface area (Å²) in [6.07, 6.45) is 3.62. The van der Waals surface area contributed by atoms with Gasteiger partial charge in [-0.25, -0.2) is 0 Å². The summed E-state index contributed by atoms with van der Waals surface area (Å²) < 4.78 is 0. The monoisotopic (exact) mass is 279 g/mol. The van der Waals surface area contributed by atoms with Crippen LogP contribution in [-0.4, -0.2) is 21.9 Å². The molecule has 0 saturated carbocycles. The summed E-state index contributed by atoms with van der Waals surface area (Å²) in [6.45, 7) is 6.29. The minimum Gasteiger partial charge on any atom is -0.389 e. The van der Waals surface area contributed by atoms with Crippen LogP contribution in [0.15, 0.2) is 18.3 Å². The lowest BCUT2D eigenvalue weighted by atomic mass is 9.95. The van der Waals surface area contributed by atoms with Crippen molar-refractivity contribution in [2.75, 3.05) is 0 Å². The van der Waals surface area contributed by atoms with E-state index >= 15 is 0 Å². The first-order valence-electron chi connectivity index (χ1n) is 6.56. The van der Waals surface area contributed by atoms with Crippen molar-refractivity contribution in [1.29, 1.82) is 0 Å². The Labute approximate surface area is 119 Å². The summed E-state index contributed by atoms with van der Waals surface area (Å²) in [5.41, 5.74) is 6.54. The van der Waals surface area contributed by atoms with Crippen molar-refractivity contribution >= 4 is 23.1 Å². The molecule has 104 valence electrons. The molecule has 1 amide bonds. The summed E-state index contributed by atoms with van der Waals surface area (Å²) in [5, 5.41) is 2.98. The summed E-state index contributed by atoms with van der Waals surface area (Å²) in [4.78, 5) is 16.4. The van der Waals surface area contributed by atoms with Gasteiger partial charge in [-0.05, 0) is 25.0 Å². The molecule has 0 fully saturated rings. The molecule has 0 aliphatic carbocycles. The third-order valence-corrected chi connectivity index (χ3v) is 3.63. The fraction of sp³-hybridized carbons (Fsp3) is 0.500. The first kappa shape index (κ1) is 15.6. The molecule has 19 heavy (non-hydrogen) atoms. The molecule has 4 nitrogen and oxygen atoms in total. The van der Waals surface area contributed by atoms with E-state index in [0.29, 0.717) is 17.2 Å². The maximum Gasteiger partial charge on any atom is 0.270 e. The Bertz CT molecular complexity index is 441. The maximum atomic E-state index is 12.0. The molecule has 1 aromatic heterocycles. The highest BCUT2D eigenvalue weighted by molar-refractivity contribution is 7.80. The van der Waals surface area contributed by atoms with Crippen LogP contribution in [-0.2, 0) is 0 Å². The van der Waals surface area contributed by atoms with Gasteiger partial charge in [-0.2, -0.15) is 0 Å². The van der Waals surface area contributed by atoms with E-state index in [1.165, 1.54) is 6.20 Å². The van der Waals surface area contributed by atoms with Gasteiger partial charge in [0.1, 0.15) is 10.7 Å². The predicted octanol–water partition coefficient (Wildman–Crippen LogP) is 2.27. The van der Waals surface area contributed by atoms with Crippen LogP contribution < -0.4 is 11.1 Å². The van der Waals surface area contributed by atoms with Crippen LogP contribution in [0.1, 0.15) is 49.7 Å². The number of rotatable bonds is 6. The van der Waals surface area contributed by atoms with E-state index in [1.54, 1.807) is 12.1 Å². The molecule has 5 heteroatoms. The van der Waals surface area contributed by atoms with Gasteiger partial charge in [-0.3, -0.25) is 9.78 Å². The Kier molecular flexibility index (Phi) is 5.89. The Balaban J connectivity index is 2.70. The summed E-state index contributed by atoms with van der Waals surface area (Å²) in [5.74, 6) is 0.328. The van der Waals surface area contributed by atoms with Gasteiger partial charge in [-0.1, -0.05) is 38.9 Å². The molecule has 0 spiro atoms. The topological polar surface area (TPSA) is 68.0 Å². The van der Waals surface area contributed by atoms with Crippen molar-refractivity contribution in [3.63, 3.8) is 0 Å². The Morgan fingerprint density at radius 2 is 2.05 bits per heavy atom. The highest BCUT2D eigenvalue weighted by atomic mass is 32.1. The number of amides is 1. The maximum absolute atomic E-state index is 12.0. The van der Waals surface area contributed by atoms with Gasteiger partial charge in [0.2, 0.25) is 0 Å². The zero-order valence-corrected chi connectivity index (χ0v) is 12.5. The number of nitrogens with two attached hydrogens (primary N) is 1. The lowest BCUT2D eigenvalue weighted by molar-refractivity contribution is 0.0920. The van der Waals surface area contributed by atoms with Crippen molar-refractivity contribution < 1.29 is 4.79 Å². The predicted molar refractivity (Wildman–Crippen MR) is 81.1 cm³/mol. The molecular formula is C14H21N3OS. The number of nitrogens with one attached hydrogen (secondary N) is 1. The van der Waals surface area contributed by atoms with Crippen LogP contribution in [0.25, 0.3) is 0 Å². The first-order chi connectivity index (χ1) is 8.99. The molecule has 1 rings (SSSR count). The first-order valence-corrected chi connectivity index (χ1v) is 6.97. The fourth-order valence-corrected chi connectivity index (χ4v) is 2.19. The standard InChI is InChI=1S/C14H21N3OS/c1-4-10(5-2)9(3)17-14(18)12-7-6-11(8-16-12)13(15)19/h6-10H,4-5H2,1-3H3,(H2,15,19)(H,17,18). The molecular weight excluding hydrogens is 258 g/mol. The van der Waals surface area contributed by atoms with Crippen LogP contribution in [0.4, 0.5) is 0 Å². The number of hydrogen-bond acceptors (Lipinski definition) is 3. The van der Waals surface area contributed by atoms with Crippen molar-refractivity contribution in [1.82, 2.24) is 10.3 Å². The number of carbonyl (C=O) groups is 1. The second-order valence-electron chi connectivity index (χ2n) is 4.64. The molecule has 1 unspecified atom stereocenters. The third kappa shape index (κ3) is 4.28. The van der Waals surface area contributed by atoms with Gasteiger partial charge >= 0.3 is 0 Å². The van der Waals surface area contributed by atoms with Gasteiger partial charge in [0.25, 0.3) is 5.91 Å². The van der Waals surface area contributed by atoms with E-state index in [0.717, 1.165) is 12.8 Å². The molecule has 0 bridgehead atoms. The molecule has 0 aliphatic rings. The van der Waals surface area contributed by atoms with E-state index in [4.69, 9.17) is 18.0 Å². The van der Waals surface area contributed by atoms with Gasteiger partial charge in [0.05, 0.1) is 0 Å². The van der Waals surface area contributed by atoms with Crippen molar-refractivity contribution in [3.05, 3.63) is 29.6 Å². The molecule has 3 N–H and O–H groups in total. The summed E-state index contributed by atoms with van der Waals surface area (Å²) in [7, 11) is 0. The van der Waals surface area contributed by atoms with E-state index in [9.17, 15) is 4.79 Å². The number of thiocarbonyl (C=S) groups is 1. The van der Waals surface area contributed by atoms with Crippen LogP contribution in [0.2, 0.25) is 0 Å². The Morgan fingerprint density at radius 1 is 1.42 bits per heavy atom. The zero-order valence-electron chi connectivity index (χ0n) is 11.6. The number of aromatic nitrogens is 1. The van der Waals surface area contributed by atoms with Crippen LogP contribution in [0.3, 0.4) is 0 Å². The smallest absolute Gasteiger partial charge is 0.270 e. The SMILES string of the molecule is CCC(CC)C(C)NC(=O)c1ccc(C(N)=S)cn1. The van der Waals surface area contributed by atoms with Gasteiger partial charge in [-0.15, -0.1) is 0 Å². The highest BCUT2D eigenvalue weighted by Gasteiger charge is 2.17. The van der Waals surface area contributed by atoms with Crippen molar-refractivity contribution in [2.45, 2.75) is 39.7 Å². The normalized spacial score (nSPS) is 12.2. The van der Waals surface area contributed by atoms with Gasteiger partial charge in [0, 0.05) is 17.8 Å². The molecule has 1 aromatic rings. The van der Waals surface area contributed by atoms with E-state index in [2.05, 4.69) is 24.1 Å². The molecule has 1 atom stereocenters. The number of pyridine rings is 1. The Hall–Kier alpha value is -1.49. The fourth-order valence-electron chi connectivity index (χ4n) is 2.07. The average Bonchev–Trinajstić information content (AvgIpc) is 2.40. The molecule has 1 heterocycles. The molecule has 0 radical (unpaired) electrons. The second kappa shape index (κ2) is 7.19. The lowest BCUT2D eigenvalue weighted by Crippen LogP contribution is -2.38. The van der Waals surface area contributed by atoms with Crippen LogP contribution in [0, 0.1) is 5.92 Å². The molecule has 0 aromatic carbocycles. The van der Waals surface area contributed by atoms with Crippen molar-refractivity contribution in [3.8, 4) is 0 Å². The summed E-state index contributed by atoms with van der Waals surface area (Å²) >= 11 is 4.84. The minimum atomic E-state index is -0.158. The van der Waals surface area contributed by atoms with Crippen LogP contribution >= 0.6 is 12.2 Å². The number of hydrogen-bond donors (Lipinski definition) is 2. The van der Waals surface area contributed by atoms with Gasteiger partial charge < -0.3 is 11.1 Å².